The SMILES string of the molecule is CN=C(NCc1ccn(C)c1)N1CCC(OCC2CC2)CC1. The predicted octanol–water partition coefficient (Wildman–Crippen LogP) is 1.99. The van der Waals surface area contributed by atoms with Crippen LogP contribution >= 0.6 is 0 Å². The fourth-order valence-corrected chi connectivity index (χ4v) is 2.97. The topological polar surface area (TPSA) is 41.8 Å². The van der Waals surface area contributed by atoms with Gasteiger partial charge in [-0.05, 0) is 43.2 Å². The van der Waals surface area contributed by atoms with Gasteiger partial charge in [0, 0.05) is 52.7 Å². The molecule has 5 nitrogen and oxygen atoms in total. The largest absolute Gasteiger partial charge is 0.378 e. The molecule has 1 aromatic heterocycles. The number of hydrogen-bond acceptors (Lipinski definition) is 2. The summed E-state index contributed by atoms with van der Waals surface area (Å²) in [6, 6.07) is 2.14. The van der Waals surface area contributed by atoms with Crippen LogP contribution in [-0.4, -0.2) is 48.3 Å². The van der Waals surface area contributed by atoms with E-state index >= 15 is 0 Å². The highest BCUT2D eigenvalue weighted by Gasteiger charge is 2.26. The zero-order valence-electron chi connectivity index (χ0n) is 13.8. The van der Waals surface area contributed by atoms with E-state index in [4.69, 9.17) is 4.74 Å². The second kappa shape index (κ2) is 7.18. The maximum Gasteiger partial charge on any atom is 0.193 e. The fourth-order valence-electron chi connectivity index (χ4n) is 2.97. The summed E-state index contributed by atoms with van der Waals surface area (Å²) in [7, 11) is 3.91. The van der Waals surface area contributed by atoms with Crippen molar-refractivity contribution in [3.63, 3.8) is 0 Å². The molecule has 0 atom stereocenters. The first-order valence-corrected chi connectivity index (χ1v) is 8.42. The molecule has 2 aliphatic rings. The van der Waals surface area contributed by atoms with E-state index in [0.29, 0.717) is 6.10 Å². The van der Waals surface area contributed by atoms with Gasteiger partial charge in [-0.15, -0.1) is 0 Å². The number of aliphatic imine (C=N–C) groups is 1. The van der Waals surface area contributed by atoms with Gasteiger partial charge >= 0.3 is 0 Å². The Kier molecular flexibility index (Phi) is 5.03. The molecule has 122 valence electrons. The van der Waals surface area contributed by atoms with Crippen LogP contribution in [0.1, 0.15) is 31.2 Å². The van der Waals surface area contributed by atoms with Gasteiger partial charge in [0.05, 0.1) is 6.10 Å². The first kappa shape index (κ1) is 15.4. The maximum absolute atomic E-state index is 6.01. The Morgan fingerprint density at radius 3 is 2.68 bits per heavy atom. The van der Waals surface area contributed by atoms with Gasteiger partial charge in [-0.2, -0.15) is 0 Å². The van der Waals surface area contributed by atoms with Crippen molar-refractivity contribution in [3.8, 4) is 0 Å². The molecule has 1 N–H and O–H groups in total. The zero-order chi connectivity index (χ0) is 15.4. The van der Waals surface area contributed by atoms with Gasteiger partial charge in [0.15, 0.2) is 5.96 Å². The number of guanidine groups is 1. The lowest BCUT2D eigenvalue weighted by atomic mass is 10.1. The van der Waals surface area contributed by atoms with Crippen LogP contribution in [0.2, 0.25) is 0 Å². The summed E-state index contributed by atoms with van der Waals surface area (Å²) in [4.78, 5) is 6.77. The number of nitrogens with zero attached hydrogens (tertiary/aromatic N) is 3. The average molecular weight is 304 g/mol. The molecule has 3 rings (SSSR count). The summed E-state index contributed by atoms with van der Waals surface area (Å²) in [5, 5.41) is 3.47. The number of ether oxygens (including phenoxy) is 1. The minimum atomic E-state index is 0.448. The van der Waals surface area contributed by atoms with Crippen LogP contribution in [0.5, 0.6) is 0 Å². The van der Waals surface area contributed by atoms with Crippen LogP contribution in [0.4, 0.5) is 0 Å². The zero-order valence-corrected chi connectivity index (χ0v) is 13.8. The summed E-state index contributed by atoms with van der Waals surface area (Å²) >= 11 is 0. The van der Waals surface area contributed by atoms with Crippen LogP contribution in [0, 0.1) is 5.92 Å². The van der Waals surface area contributed by atoms with Gasteiger partial charge < -0.3 is 19.5 Å². The van der Waals surface area contributed by atoms with E-state index in [1.165, 1.54) is 18.4 Å². The molecule has 5 heteroatoms. The summed E-state index contributed by atoms with van der Waals surface area (Å²) < 4.78 is 8.08. The number of likely N-dealkylation sites (tertiary alicyclic amines) is 1. The van der Waals surface area contributed by atoms with Crippen molar-refractivity contribution in [1.82, 2.24) is 14.8 Å². The van der Waals surface area contributed by atoms with Gasteiger partial charge in [-0.25, -0.2) is 0 Å². The molecule has 0 unspecified atom stereocenters. The van der Waals surface area contributed by atoms with E-state index in [2.05, 4.69) is 38.2 Å². The molecule has 0 bridgehead atoms. The van der Waals surface area contributed by atoms with E-state index < -0.39 is 0 Å². The summed E-state index contributed by atoms with van der Waals surface area (Å²) in [5.74, 6) is 1.86. The van der Waals surface area contributed by atoms with E-state index in [9.17, 15) is 0 Å². The number of rotatable bonds is 5. The lowest BCUT2D eigenvalue weighted by molar-refractivity contribution is 0.0131. The van der Waals surface area contributed by atoms with Crippen LogP contribution in [-0.2, 0) is 18.3 Å². The number of piperidine rings is 1. The van der Waals surface area contributed by atoms with Gasteiger partial charge in [0.25, 0.3) is 0 Å². The van der Waals surface area contributed by atoms with E-state index in [1.807, 2.05) is 14.1 Å². The molecule has 2 fully saturated rings. The monoisotopic (exact) mass is 304 g/mol. The molecule has 1 saturated carbocycles. The second-order valence-electron chi connectivity index (χ2n) is 6.55. The van der Waals surface area contributed by atoms with Crippen LogP contribution in [0.25, 0.3) is 0 Å². The van der Waals surface area contributed by atoms with Crippen LogP contribution in [0.3, 0.4) is 0 Å². The van der Waals surface area contributed by atoms with Crippen molar-refractivity contribution >= 4 is 5.96 Å². The van der Waals surface area contributed by atoms with Crippen molar-refractivity contribution in [2.24, 2.45) is 18.0 Å². The van der Waals surface area contributed by atoms with Crippen molar-refractivity contribution in [2.45, 2.75) is 38.3 Å². The Labute approximate surface area is 133 Å². The van der Waals surface area contributed by atoms with Crippen LogP contribution < -0.4 is 5.32 Å². The van der Waals surface area contributed by atoms with Gasteiger partial charge in [0.1, 0.15) is 0 Å². The molecule has 0 spiro atoms. The lowest BCUT2D eigenvalue weighted by Gasteiger charge is -2.34. The number of aryl methyl sites for hydroxylation is 1. The molecule has 0 aromatic carbocycles. The summed E-state index contributed by atoms with van der Waals surface area (Å²) in [6.45, 7) is 3.87. The Morgan fingerprint density at radius 2 is 2.09 bits per heavy atom. The highest BCUT2D eigenvalue weighted by molar-refractivity contribution is 5.79. The molecule has 0 radical (unpaired) electrons. The molecule has 1 saturated heterocycles. The standard InChI is InChI=1S/C17H28N4O/c1-18-17(19-11-15-5-8-20(2)12-15)21-9-6-16(7-10-21)22-13-14-3-4-14/h5,8,12,14,16H,3-4,6-7,9-11,13H2,1-2H3,(H,18,19). The third-order valence-electron chi connectivity index (χ3n) is 4.56. The second-order valence-corrected chi connectivity index (χ2v) is 6.55. The summed E-state index contributed by atoms with van der Waals surface area (Å²) in [5.41, 5.74) is 1.28. The van der Waals surface area contributed by atoms with Crippen molar-refractivity contribution in [1.29, 1.82) is 0 Å². The number of hydrogen-bond donors (Lipinski definition) is 1. The van der Waals surface area contributed by atoms with Gasteiger partial charge in [0.2, 0.25) is 0 Å². The Morgan fingerprint density at radius 1 is 1.32 bits per heavy atom. The molecule has 1 aromatic rings. The first-order valence-electron chi connectivity index (χ1n) is 8.42. The Bertz CT molecular complexity index is 499. The molecule has 22 heavy (non-hydrogen) atoms. The quantitative estimate of drug-likeness (QED) is 0.668. The number of aromatic nitrogens is 1. The van der Waals surface area contributed by atoms with E-state index in [1.54, 1.807) is 0 Å². The molecule has 2 heterocycles. The lowest BCUT2D eigenvalue weighted by Crippen LogP contribution is -2.46. The predicted molar refractivity (Wildman–Crippen MR) is 88.9 cm³/mol. The van der Waals surface area contributed by atoms with Crippen molar-refractivity contribution in [2.75, 3.05) is 26.7 Å². The van der Waals surface area contributed by atoms with E-state index in [-0.39, 0.29) is 0 Å². The average Bonchev–Trinajstić information content (AvgIpc) is 3.28. The van der Waals surface area contributed by atoms with Gasteiger partial charge in [-0.3, -0.25) is 4.99 Å². The smallest absolute Gasteiger partial charge is 0.193 e. The Balaban J connectivity index is 1.41. The minimum Gasteiger partial charge on any atom is -0.378 e. The molecule has 1 aliphatic heterocycles. The van der Waals surface area contributed by atoms with Crippen molar-refractivity contribution < 1.29 is 4.74 Å². The highest BCUT2D eigenvalue weighted by atomic mass is 16.5. The molecular weight excluding hydrogens is 276 g/mol. The molecule has 0 amide bonds. The minimum absolute atomic E-state index is 0.448. The summed E-state index contributed by atoms with van der Waals surface area (Å²) in [6.07, 6.45) is 9.62. The van der Waals surface area contributed by atoms with E-state index in [0.717, 1.165) is 51.0 Å². The molecule has 1 aliphatic carbocycles. The normalized spacial score (nSPS) is 20.5. The van der Waals surface area contributed by atoms with Crippen LogP contribution in [0.15, 0.2) is 23.5 Å². The number of nitrogens with one attached hydrogen (secondary N) is 1. The Hall–Kier alpha value is -1.49. The van der Waals surface area contributed by atoms with Crippen molar-refractivity contribution in [3.05, 3.63) is 24.0 Å². The highest BCUT2D eigenvalue weighted by Crippen LogP contribution is 2.30. The first-order chi connectivity index (χ1) is 10.7. The third kappa shape index (κ3) is 4.26. The third-order valence-corrected chi connectivity index (χ3v) is 4.56. The van der Waals surface area contributed by atoms with Gasteiger partial charge in [-0.1, -0.05) is 0 Å². The molecular formula is C17H28N4O. The fraction of sp³-hybridized carbons (Fsp3) is 0.706. The maximum atomic E-state index is 6.01.